The average molecular weight is 561 g/mol. The zero-order chi connectivity index (χ0) is 29.2. The van der Waals surface area contributed by atoms with Crippen LogP contribution in [0.2, 0.25) is 0 Å². The summed E-state index contributed by atoms with van der Waals surface area (Å²) in [6.07, 6.45) is -0.945. The molecule has 1 aliphatic heterocycles. The number of anilines is 1. The lowest BCUT2D eigenvalue weighted by Crippen LogP contribution is -2.54. The number of morpholine rings is 1. The van der Waals surface area contributed by atoms with Crippen molar-refractivity contribution >= 4 is 23.8 Å². The highest BCUT2D eigenvalue weighted by Gasteiger charge is 2.34. The number of benzene rings is 3. The number of alkyl carbamates (subject to hydrolysis) is 1. The van der Waals surface area contributed by atoms with Crippen molar-refractivity contribution in [1.29, 1.82) is 0 Å². The van der Waals surface area contributed by atoms with Gasteiger partial charge in [0.1, 0.15) is 6.04 Å². The largest absolute Gasteiger partial charge is 0.465 e. The minimum atomic E-state index is -1.02. The van der Waals surface area contributed by atoms with Crippen LogP contribution in [0.4, 0.5) is 15.3 Å². The molecule has 10 heteroatoms. The monoisotopic (exact) mass is 560 g/mol. The van der Waals surface area contributed by atoms with E-state index in [-0.39, 0.29) is 31.8 Å². The number of nitrogens with zero attached hydrogens (tertiary/aromatic N) is 1. The number of hydrogen-bond acceptors (Lipinski definition) is 6. The number of hydrogen-bond donors (Lipinski definition) is 4. The van der Waals surface area contributed by atoms with Crippen LogP contribution < -0.4 is 16.4 Å². The Morgan fingerprint density at radius 1 is 1.00 bits per heavy atom. The van der Waals surface area contributed by atoms with E-state index >= 15 is 0 Å². The number of methoxy groups -OCH3 is 1. The molecule has 216 valence electrons. The normalized spacial score (nSPS) is 17.5. The molecular formula is C31H36N4O6. The van der Waals surface area contributed by atoms with Crippen LogP contribution in [0.5, 0.6) is 0 Å². The van der Waals surface area contributed by atoms with Crippen LogP contribution >= 0.6 is 0 Å². The Morgan fingerprint density at radius 3 is 2.20 bits per heavy atom. The van der Waals surface area contributed by atoms with Gasteiger partial charge in [-0.1, -0.05) is 78.9 Å². The zero-order valence-corrected chi connectivity index (χ0v) is 22.9. The van der Waals surface area contributed by atoms with E-state index in [1.165, 1.54) is 12.0 Å². The maximum Gasteiger partial charge on any atom is 0.407 e. The lowest BCUT2D eigenvalue weighted by atomic mass is 9.84. The van der Waals surface area contributed by atoms with E-state index in [1.54, 1.807) is 6.07 Å². The highest BCUT2D eigenvalue weighted by atomic mass is 16.5. The molecule has 0 aromatic heterocycles. The smallest absolute Gasteiger partial charge is 0.407 e. The summed E-state index contributed by atoms with van der Waals surface area (Å²) in [6, 6.07) is 25.1. The molecule has 3 atom stereocenters. The van der Waals surface area contributed by atoms with Crippen LogP contribution in [0.25, 0.3) is 0 Å². The molecule has 1 heterocycles. The Bertz CT molecular complexity index is 1270. The van der Waals surface area contributed by atoms with Crippen LogP contribution in [-0.2, 0) is 20.7 Å². The van der Waals surface area contributed by atoms with Gasteiger partial charge in [0.25, 0.3) is 0 Å². The van der Waals surface area contributed by atoms with Crippen molar-refractivity contribution in [2.75, 3.05) is 32.1 Å². The summed E-state index contributed by atoms with van der Waals surface area (Å²) in [4.78, 5) is 39.3. The van der Waals surface area contributed by atoms with E-state index in [0.29, 0.717) is 18.5 Å². The lowest BCUT2D eigenvalue weighted by molar-refractivity contribution is -0.118. The standard InChI is InChI=1S/C31H36N4O6/c1-40-30(37)34-28(27(22-11-4-2-5-12-22)23-13-6-3-7-14-23)29(36)33-26-15-9-8-10-21(26)16-17-25-19-35(31(38)39)24(18-32)20-41-25/h2-15,24-25,27-28H,16-20,32H2,1H3,(H,33,36)(H,34,37)(H,38,39)/t24-,25-,28+/m1/s1. The van der Waals surface area contributed by atoms with Crippen LogP contribution in [0, 0.1) is 0 Å². The molecule has 10 nitrogen and oxygen atoms in total. The molecule has 1 aliphatic rings. The van der Waals surface area contributed by atoms with Crippen LogP contribution in [0.15, 0.2) is 84.9 Å². The number of carbonyl (C=O) groups excluding carboxylic acids is 2. The average Bonchev–Trinajstić information content (AvgIpc) is 3.01. The third-order valence-corrected chi connectivity index (χ3v) is 7.29. The zero-order valence-electron chi connectivity index (χ0n) is 22.9. The van der Waals surface area contributed by atoms with Crippen molar-refractivity contribution in [2.45, 2.75) is 36.9 Å². The lowest BCUT2D eigenvalue weighted by Gasteiger charge is -2.37. The van der Waals surface area contributed by atoms with Crippen molar-refractivity contribution in [3.05, 3.63) is 102 Å². The number of ether oxygens (including phenoxy) is 2. The Kier molecular flexibility index (Phi) is 10.3. The fourth-order valence-electron chi connectivity index (χ4n) is 5.13. The van der Waals surface area contributed by atoms with Gasteiger partial charge >= 0.3 is 12.2 Å². The molecule has 0 unspecified atom stereocenters. The fraction of sp³-hybridized carbons (Fsp3) is 0.323. The first kappa shape index (κ1) is 29.6. The van der Waals surface area contributed by atoms with Crippen LogP contribution in [0.3, 0.4) is 0 Å². The second-order valence-electron chi connectivity index (χ2n) is 9.88. The summed E-state index contributed by atoms with van der Waals surface area (Å²) in [6.45, 7) is 0.668. The van der Waals surface area contributed by atoms with Crippen molar-refractivity contribution in [3.8, 4) is 0 Å². The fourth-order valence-corrected chi connectivity index (χ4v) is 5.13. The van der Waals surface area contributed by atoms with Gasteiger partial charge in [-0.05, 0) is 35.6 Å². The number of nitrogens with two attached hydrogens (primary N) is 1. The minimum absolute atomic E-state index is 0.196. The molecule has 5 N–H and O–H groups in total. The Balaban J connectivity index is 1.55. The van der Waals surface area contributed by atoms with Crippen molar-refractivity contribution in [1.82, 2.24) is 10.2 Å². The summed E-state index contributed by atoms with van der Waals surface area (Å²) < 4.78 is 10.8. The molecule has 0 saturated carbocycles. The van der Waals surface area contributed by atoms with E-state index in [0.717, 1.165) is 16.7 Å². The van der Waals surface area contributed by atoms with E-state index in [4.69, 9.17) is 15.2 Å². The number of para-hydroxylation sites is 1. The molecule has 3 aromatic carbocycles. The van der Waals surface area contributed by atoms with Gasteiger partial charge in [0.2, 0.25) is 5.91 Å². The molecule has 41 heavy (non-hydrogen) atoms. The Labute approximate surface area is 239 Å². The van der Waals surface area contributed by atoms with E-state index in [2.05, 4.69) is 10.6 Å². The topological polar surface area (TPSA) is 143 Å². The number of carbonyl (C=O) groups is 3. The maximum atomic E-state index is 13.9. The molecule has 0 aliphatic carbocycles. The van der Waals surface area contributed by atoms with Crippen LogP contribution in [0.1, 0.15) is 29.0 Å². The molecule has 0 bridgehead atoms. The Hall–Kier alpha value is -4.41. The second-order valence-corrected chi connectivity index (χ2v) is 9.88. The molecular weight excluding hydrogens is 524 g/mol. The summed E-state index contributed by atoms with van der Waals surface area (Å²) in [5, 5.41) is 15.3. The van der Waals surface area contributed by atoms with Gasteiger partial charge < -0.3 is 30.9 Å². The Morgan fingerprint density at radius 2 is 1.61 bits per heavy atom. The van der Waals surface area contributed by atoms with Gasteiger partial charge in [-0.3, -0.25) is 9.69 Å². The number of rotatable bonds is 10. The van der Waals surface area contributed by atoms with Gasteiger partial charge in [-0.25, -0.2) is 9.59 Å². The highest BCUT2D eigenvalue weighted by molar-refractivity contribution is 5.98. The molecule has 1 fully saturated rings. The van der Waals surface area contributed by atoms with Crippen molar-refractivity contribution in [3.63, 3.8) is 0 Å². The van der Waals surface area contributed by atoms with Gasteiger partial charge in [-0.2, -0.15) is 0 Å². The SMILES string of the molecule is COC(=O)N[C@H](C(=O)Nc1ccccc1CC[C@@H]1CN(C(=O)O)[C@H](CN)CO1)C(c1ccccc1)c1ccccc1. The molecule has 0 radical (unpaired) electrons. The summed E-state index contributed by atoms with van der Waals surface area (Å²) >= 11 is 0. The third-order valence-electron chi connectivity index (χ3n) is 7.29. The molecule has 1 saturated heterocycles. The van der Waals surface area contributed by atoms with Gasteiger partial charge in [0, 0.05) is 18.2 Å². The number of carboxylic acid groups (broad SMARTS) is 1. The van der Waals surface area contributed by atoms with E-state index < -0.39 is 30.1 Å². The quantitative estimate of drug-likeness (QED) is 0.295. The van der Waals surface area contributed by atoms with Crippen molar-refractivity contribution < 1.29 is 29.0 Å². The molecule has 3 amide bonds. The number of aryl methyl sites for hydroxylation is 1. The summed E-state index contributed by atoms with van der Waals surface area (Å²) in [5.74, 6) is -0.894. The third kappa shape index (κ3) is 7.62. The van der Waals surface area contributed by atoms with Crippen molar-refractivity contribution in [2.24, 2.45) is 5.73 Å². The molecule has 0 spiro atoms. The van der Waals surface area contributed by atoms with Gasteiger partial charge in [-0.15, -0.1) is 0 Å². The predicted octanol–water partition coefficient (Wildman–Crippen LogP) is 3.82. The number of nitrogens with one attached hydrogen (secondary N) is 2. The molecule has 3 aromatic rings. The van der Waals surface area contributed by atoms with Crippen LogP contribution in [-0.4, -0.2) is 73.1 Å². The van der Waals surface area contributed by atoms with E-state index in [1.807, 2.05) is 78.9 Å². The second kappa shape index (κ2) is 14.3. The first-order chi connectivity index (χ1) is 19.9. The molecule has 4 rings (SSSR count). The highest BCUT2D eigenvalue weighted by Crippen LogP contribution is 2.30. The predicted molar refractivity (Wildman–Crippen MR) is 155 cm³/mol. The summed E-state index contributed by atoms with van der Waals surface area (Å²) in [7, 11) is 1.26. The summed E-state index contributed by atoms with van der Waals surface area (Å²) in [5.41, 5.74) is 8.88. The first-order valence-electron chi connectivity index (χ1n) is 13.6. The van der Waals surface area contributed by atoms with E-state index in [9.17, 15) is 19.5 Å². The number of amides is 3. The first-order valence-corrected chi connectivity index (χ1v) is 13.6. The maximum absolute atomic E-state index is 13.9. The van der Waals surface area contributed by atoms with Gasteiger partial charge in [0.05, 0.1) is 32.4 Å². The van der Waals surface area contributed by atoms with Gasteiger partial charge in [0.15, 0.2) is 0 Å². The minimum Gasteiger partial charge on any atom is -0.465 e.